The predicted octanol–water partition coefficient (Wildman–Crippen LogP) is 9.80. The zero-order valence-electron chi connectivity index (χ0n) is 28.0. The second-order valence-electron chi connectivity index (χ2n) is 13.4. The molecule has 0 unspecified atom stereocenters. The molecule has 0 aliphatic rings. The van der Waals surface area contributed by atoms with Crippen molar-refractivity contribution in [1.29, 1.82) is 0 Å². The Kier molecular flexibility index (Phi) is 9.42. The number of aromatic nitrogens is 5. The Labute approximate surface area is 287 Å². The molecule has 0 saturated carbocycles. The van der Waals surface area contributed by atoms with E-state index in [1.807, 2.05) is 48.1 Å². The van der Waals surface area contributed by atoms with E-state index in [9.17, 15) is 0 Å². The molecule has 46 heavy (non-hydrogen) atoms. The zero-order valence-corrected chi connectivity index (χ0v) is 30.3. The van der Waals surface area contributed by atoms with Crippen molar-refractivity contribution in [1.82, 2.24) is 24.1 Å². The van der Waals surface area contributed by atoms with Crippen molar-refractivity contribution in [3.05, 3.63) is 113 Å². The molecule has 7 heteroatoms. The number of ether oxygens (including phenoxy) is 1. The summed E-state index contributed by atoms with van der Waals surface area (Å²) in [6.45, 7) is 19.6. The van der Waals surface area contributed by atoms with E-state index in [2.05, 4.69) is 108 Å². The van der Waals surface area contributed by atoms with E-state index in [0.29, 0.717) is 11.5 Å². The molecular weight excluding hydrogens is 750 g/mol. The molecule has 4 aromatic heterocycles. The number of pyridine rings is 2. The van der Waals surface area contributed by atoms with Crippen molar-refractivity contribution in [2.45, 2.75) is 79.6 Å². The van der Waals surface area contributed by atoms with Crippen LogP contribution in [0.1, 0.15) is 88.6 Å². The standard InChI is InChI=1S/C39H41N5O.Pt/c1-24(2)37-38(25(3)4)43-34(33-20-29(18-19-40-33)39(7,8)9)22-32(23-35(43)41-37)45-31-17-13-16-30(21-31)44-27(6)36(26(5)42-44)28-14-11-10-12-15-28;/h10-20,23-25H,1-9H3;/q-2;+2. The quantitative estimate of drug-likeness (QED) is 0.151. The molecule has 0 radical (unpaired) electrons. The molecule has 0 aliphatic heterocycles. The van der Waals surface area contributed by atoms with Gasteiger partial charge in [-0.15, -0.1) is 24.3 Å². The molecule has 0 spiro atoms. The van der Waals surface area contributed by atoms with Gasteiger partial charge in [-0.2, -0.15) is 11.2 Å². The van der Waals surface area contributed by atoms with Gasteiger partial charge in [0.25, 0.3) is 0 Å². The number of nitrogens with zero attached hydrogens (tertiary/aromatic N) is 5. The summed E-state index contributed by atoms with van der Waals surface area (Å²) in [5.74, 6) is 1.65. The summed E-state index contributed by atoms with van der Waals surface area (Å²) in [4.78, 5) is 9.94. The smallest absolute Gasteiger partial charge is 0.509 e. The molecule has 0 aliphatic carbocycles. The summed E-state index contributed by atoms with van der Waals surface area (Å²) < 4.78 is 10.7. The number of benzene rings is 2. The van der Waals surface area contributed by atoms with Gasteiger partial charge in [0.15, 0.2) is 0 Å². The maximum Gasteiger partial charge on any atom is 2.00 e. The third-order valence-corrected chi connectivity index (χ3v) is 8.21. The molecule has 6 nitrogen and oxygen atoms in total. The largest absolute Gasteiger partial charge is 2.00 e. The van der Waals surface area contributed by atoms with Crippen LogP contribution in [0.2, 0.25) is 0 Å². The van der Waals surface area contributed by atoms with E-state index in [1.54, 1.807) is 0 Å². The molecule has 0 saturated heterocycles. The molecule has 2 aromatic carbocycles. The van der Waals surface area contributed by atoms with Crippen molar-refractivity contribution in [2.24, 2.45) is 0 Å². The third-order valence-electron chi connectivity index (χ3n) is 8.21. The fourth-order valence-corrected chi connectivity index (χ4v) is 6.00. The zero-order chi connectivity index (χ0) is 32.0. The normalized spacial score (nSPS) is 11.8. The van der Waals surface area contributed by atoms with Crippen LogP contribution in [0, 0.1) is 26.0 Å². The van der Waals surface area contributed by atoms with Crippen molar-refractivity contribution >= 4 is 5.65 Å². The fourth-order valence-electron chi connectivity index (χ4n) is 6.00. The molecule has 6 aromatic rings. The van der Waals surface area contributed by atoms with Crippen LogP contribution in [0.3, 0.4) is 0 Å². The van der Waals surface area contributed by atoms with E-state index in [-0.39, 0.29) is 38.3 Å². The molecule has 0 amide bonds. The summed E-state index contributed by atoms with van der Waals surface area (Å²) in [5.41, 5.74) is 11.0. The van der Waals surface area contributed by atoms with Crippen LogP contribution < -0.4 is 4.74 Å². The Morgan fingerprint density at radius 2 is 1.57 bits per heavy atom. The average Bonchev–Trinajstić information content (AvgIpc) is 3.54. The van der Waals surface area contributed by atoms with Crippen LogP contribution in [-0.4, -0.2) is 24.1 Å². The van der Waals surface area contributed by atoms with Crippen LogP contribution in [0.4, 0.5) is 0 Å². The average molecular weight is 791 g/mol. The maximum absolute atomic E-state index is 6.51. The van der Waals surface area contributed by atoms with Gasteiger partial charge in [-0.1, -0.05) is 96.5 Å². The first-order valence-corrected chi connectivity index (χ1v) is 15.7. The van der Waals surface area contributed by atoms with E-state index < -0.39 is 0 Å². The molecule has 4 heterocycles. The summed E-state index contributed by atoms with van der Waals surface area (Å²) in [5, 5.41) is 4.87. The molecule has 0 bridgehead atoms. The van der Waals surface area contributed by atoms with Crippen LogP contribution in [0.15, 0.2) is 72.9 Å². The minimum Gasteiger partial charge on any atom is -0.509 e. The topological polar surface area (TPSA) is 57.2 Å². The summed E-state index contributed by atoms with van der Waals surface area (Å²) >= 11 is 0. The second-order valence-corrected chi connectivity index (χ2v) is 13.4. The minimum absolute atomic E-state index is 0. The van der Waals surface area contributed by atoms with Gasteiger partial charge in [-0.25, -0.2) is 4.98 Å². The van der Waals surface area contributed by atoms with Gasteiger partial charge >= 0.3 is 21.1 Å². The van der Waals surface area contributed by atoms with Crippen LogP contribution in [0.5, 0.6) is 11.5 Å². The summed E-state index contributed by atoms with van der Waals surface area (Å²) in [6.07, 6.45) is 1.88. The van der Waals surface area contributed by atoms with E-state index >= 15 is 0 Å². The van der Waals surface area contributed by atoms with Gasteiger partial charge < -0.3 is 14.1 Å². The molecule has 0 fully saturated rings. The predicted molar refractivity (Wildman–Crippen MR) is 182 cm³/mol. The van der Waals surface area contributed by atoms with E-state index in [1.165, 1.54) is 11.3 Å². The Balaban J connectivity index is 0.00000417. The van der Waals surface area contributed by atoms with E-state index in [4.69, 9.17) is 19.8 Å². The summed E-state index contributed by atoms with van der Waals surface area (Å²) in [7, 11) is 0. The van der Waals surface area contributed by atoms with Crippen LogP contribution >= 0.6 is 0 Å². The monoisotopic (exact) mass is 790 g/mol. The van der Waals surface area contributed by atoms with Gasteiger partial charge in [0.1, 0.15) is 0 Å². The van der Waals surface area contributed by atoms with Gasteiger partial charge in [0.05, 0.1) is 17.0 Å². The summed E-state index contributed by atoms with van der Waals surface area (Å²) in [6, 6.07) is 29.5. The maximum atomic E-state index is 6.51. The Hall–Kier alpha value is -4.02. The number of fused-ring (bicyclic) bond motifs is 1. The van der Waals surface area contributed by atoms with Gasteiger partial charge in [0.2, 0.25) is 0 Å². The Morgan fingerprint density at radius 3 is 2.24 bits per heavy atom. The van der Waals surface area contributed by atoms with Gasteiger partial charge in [0, 0.05) is 34.6 Å². The molecule has 6 rings (SSSR count). The van der Waals surface area contributed by atoms with Crippen molar-refractivity contribution in [2.75, 3.05) is 0 Å². The van der Waals surface area contributed by atoms with Crippen LogP contribution in [0.25, 0.3) is 33.8 Å². The third kappa shape index (κ3) is 6.33. The van der Waals surface area contributed by atoms with Crippen LogP contribution in [-0.2, 0) is 26.5 Å². The SMILES string of the molecule is Cc1nn(-c2[c-]c(Oc3[c-]c(-c4cc(C(C)(C)C)ccn4)n4c(C(C)C)c(C(C)C)nc4c3)ccc2)c(C)c1-c1ccccc1.[Pt+2]. The molecule has 238 valence electrons. The Morgan fingerprint density at radius 1 is 0.826 bits per heavy atom. The van der Waals surface area contributed by atoms with Gasteiger partial charge in [-0.05, 0) is 59.8 Å². The number of hydrogen-bond donors (Lipinski definition) is 0. The van der Waals surface area contributed by atoms with Crippen molar-refractivity contribution in [3.8, 4) is 39.7 Å². The first-order chi connectivity index (χ1) is 21.4. The van der Waals surface area contributed by atoms with Gasteiger partial charge in [-0.3, -0.25) is 4.68 Å². The molecule has 0 atom stereocenters. The number of imidazole rings is 1. The molecular formula is C39H41N5OPt. The number of rotatable bonds is 7. The first-order valence-electron chi connectivity index (χ1n) is 15.7. The molecule has 0 N–H and O–H groups in total. The van der Waals surface area contributed by atoms with E-state index in [0.717, 1.165) is 50.9 Å². The number of hydrogen-bond acceptors (Lipinski definition) is 4. The number of aryl methyl sites for hydroxylation is 1. The van der Waals surface area contributed by atoms with Crippen molar-refractivity contribution < 1.29 is 25.8 Å². The fraction of sp³-hybridized carbons (Fsp3) is 0.308. The van der Waals surface area contributed by atoms with Crippen molar-refractivity contribution in [3.63, 3.8) is 0 Å². The first kappa shape index (κ1) is 33.3. The second kappa shape index (κ2) is 13.0. The minimum atomic E-state index is -0.0252. The Bertz CT molecular complexity index is 2000.